The van der Waals surface area contributed by atoms with Gasteiger partial charge in [-0.1, -0.05) is 23.7 Å². The van der Waals surface area contributed by atoms with Crippen LogP contribution in [-0.4, -0.2) is 42.5 Å². The van der Waals surface area contributed by atoms with Crippen LogP contribution in [0.4, 0.5) is 19.4 Å². The number of anilines is 1. The molecule has 35 heavy (non-hydrogen) atoms. The molecule has 0 radical (unpaired) electrons. The zero-order valence-electron chi connectivity index (χ0n) is 17.7. The van der Waals surface area contributed by atoms with E-state index in [9.17, 15) is 13.6 Å². The maximum absolute atomic E-state index is 14.8. The summed E-state index contributed by atoms with van der Waals surface area (Å²) in [6.45, 7) is 0.0493. The second kappa shape index (κ2) is 8.13. The monoisotopic (exact) mass is 493 g/mol. The molecule has 0 spiro atoms. The first-order chi connectivity index (χ1) is 17.0. The van der Waals surface area contributed by atoms with Crippen molar-refractivity contribution in [2.75, 3.05) is 11.5 Å². The van der Waals surface area contributed by atoms with Crippen molar-refractivity contribution in [2.45, 2.75) is 6.04 Å². The molecule has 1 N–H and O–H groups in total. The number of nitrogens with zero attached hydrogens (tertiary/aromatic N) is 6. The summed E-state index contributed by atoms with van der Waals surface area (Å²) in [7, 11) is 0. The molecule has 6 rings (SSSR count). The predicted molar refractivity (Wildman–Crippen MR) is 122 cm³/mol. The molecule has 0 bridgehead atoms. The number of hydrogen-bond donors (Lipinski definition) is 1. The van der Waals surface area contributed by atoms with Crippen LogP contribution < -0.4 is 4.90 Å². The zero-order valence-corrected chi connectivity index (χ0v) is 18.4. The van der Waals surface area contributed by atoms with Gasteiger partial charge in [-0.2, -0.15) is 10.2 Å². The fraction of sp³-hybridized carbons (Fsp3) is 0.0870. The average molecular weight is 494 g/mol. The molecule has 0 unspecified atom stereocenters. The van der Waals surface area contributed by atoms with E-state index in [1.165, 1.54) is 33.9 Å². The highest BCUT2D eigenvalue weighted by atomic mass is 35.5. The Hall–Kier alpha value is -4.38. The summed E-state index contributed by atoms with van der Waals surface area (Å²) in [5.41, 5.74) is 2.35. The van der Waals surface area contributed by atoms with Crippen LogP contribution in [0.25, 0.3) is 28.2 Å². The third-order valence-electron chi connectivity index (χ3n) is 5.74. The normalized spacial score (nSPS) is 15.7. The van der Waals surface area contributed by atoms with Gasteiger partial charge >= 0.3 is 6.09 Å². The van der Waals surface area contributed by atoms with Crippen LogP contribution >= 0.6 is 11.6 Å². The Morgan fingerprint density at radius 1 is 1.09 bits per heavy atom. The topological polar surface area (TPSA) is 101 Å². The lowest BCUT2D eigenvalue weighted by Gasteiger charge is -2.21. The molecule has 1 aliphatic rings. The zero-order chi connectivity index (χ0) is 24.1. The van der Waals surface area contributed by atoms with Gasteiger partial charge in [0.1, 0.15) is 36.4 Å². The summed E-state index contributed by atoms with van der Waals surface area (Å²) in [6, 6.07) is 9.94. The number of H-pyrrole nitrogens is 1. The minimum absolute atomic E-state index is 0.0493. The van der Waals surface area contributed by atoms with E-state index in [4.69, 9.17) is 16.3 Å². The number of fused-ring (bicyclic) bond motifs is 1. The number of amides is 1. The summed E-state index contributed by atoms with van der Waals surface area (Å²) in [5, 5.41) is 10.7. The Morgan fingerprint density at radius 3 is 2.74 bits per heavy atom. The maximum atomic E-state index is 14.8. The minimum atomic E-state index is -0.602. The highest BCUT2D eigenvalue weighted by Gasteiger charge is 2.37. The Kier molecular flexibility index (Phi) is 4.92. The molecular formula is C23H14ClF2N7O2. The number of benzene rings is 2. The molecule has 1 fully saturated rings. The van der Waals surface area contributed by atoms with Crippen LogP contribution in [-0.2, 0) is 4.74 Å². The standard InChI is InChI=1S/C23H14ClF2N7O2/c24-16-7-13(2-4-17(16)25)19-10-35-23(34)33(19)20-5-6-32-22(30-20)15(9-29-32)12-1-3-14(18(26)8-12)21-27-11-28-31-21/h1-9,11,19H,10H2,(H,27,28,31)/t19-/m1/s1. The molecule has 1 atom stereocenters. The number of cyclic esters (lactones) is 1. The van der Waals surface area contributed by atoms with E-state index in [0.29, 0.717) is 28.2 Å². The van der Waals surface area contributed by atoms with Gasteiger partial charge in [0.25, 0.3) is 0 Å². The van der Waals surface area contributed by atoms with Crippen molar-refractivity contribution in [3.63, 3.8) is 0 Å². The average Bonchev–Trinajstić information content (AvgIpc) is 3.60. The molecule has 1 amide bonds. The predicted octanol–water partition coefficient (Wildman–Crippen LogP) is 4.81. The third kappa shape index (κ3) is 3.56. The number of hydrogen-bond acceptors (Lipinski definition) is 6. The number of rotatable bonds is 4. The molecule has 3 aromatic heterocycles. The van der Waals surface area contributed by atoms with Crippen LogP contribution in [0.1, 0.15) is 11.6 Å². The summed E-state index contributed by atoms with van der Waals surface area (Å²) >= 11 is 5.94. The van der Waals surface area contributed by atoms with Crippen molar-refractivity contribution in [2.24, 2.45) is 0 Å². The molecule has 0 aliphatic carbocycles. The third-order valence-corrected chi connectivity index (χ3v) is 6.03. The maximum Gasteiger partial charge on any atom is 0.416 e. The Morgan fingerprint density at radius 2 is 1.97 bits per heavy atom. The van der Waals surface area contributed by atoms with Gasteiger partial charge in [0.2, 0.25) is 0 Å². The number of carbonyl (C=O) groups is 1. The molecule has 1 aliphatic heterocycles. The fourth-order valence-corrected chi connectivity index (χ4v) is 4.23. The molecule has 5 aromatic rings. The Bertz CT molecular complexity index is 1590. The van der Waals surface area contributed by atoms with Gasteiger partial charge in [-0.25, -0.2) is 28.1 Å². The van der Waals surface area contributed by atoms with E-state index >= 15 is 0 Å². The van der Waals surface area contributed by atoms with Crippen LogP contribution in [0.5, 0.6) is 0 Å². The lowest BCUT2D eigenvalue weighted by Crippen LogP contribution is -2.28. The molecule has 4 heterocycles. The molecular weight excluding hydrogens is 480 g/mol. The molecule has 0 saturated carbocycles. The van der Waals surface area contributed by atoms with Gasteiger partial charge in [-0.15, -0.1) is 0 Å². The lowest BCUT2D eigenvalue weighted by molar-refractivity contribution is 0.179. The second-order valence-corrected chi connectivity index (χ2v) is 8.17. The molecule has 174 valence electrons. The minimum Gasteiger partial charge on any atom is -0.447 e. The van der Waals surface area contributed by atoms with E-state index in [1.54, 1.807) is 36.7 Å². The van der Waals surface area contributed by atoms with Crippen LogP contribution in [0.15, 0.2) is 61.2 Å². The van der Waals surface area contributed by atoms with Crippen molar-refractivity contribution >= 4 is 29.2 Å². The van der Waals surface area contributed by atoms with Crippen LogP contribution in [0.3, 0.4) is 0 Å². The number of aromatic nitrogens is 6. The first-order valence-electron chi connectivity index (χ1n) is 10.4. The first kappa shape index (κ1) is 21.2. The molecule has 12 heteroatoms. The quantitative estimate of drug-likeness (QED) is 0.385. The van der Waals surface area contributed by atoms with Gasteiger partial charge in [-0.05, 0) is 41.5 Å². The fourth-order valence-electron chi connectivity index (χ4n) is 4.04. The highest BCUT2D eigenvalue weighted by Crippen LogP contribution is 2.35. The van der Waals surface area contributed by atoms with Gasteiger partial charge in [0.15, 0.2) is 11.5 Å². The smallest absolute Gasteiger partial charge is 0.416 e. The number of ether oxygens (including phenoxy) is 1. The first-order valence-corrected chi connectivity index (χ1v) is 10.8. The van der Waals surface area contributed by atoms with E-state index < -0.39 is 23.8 Å². The van der Waals surface area contributed by atoms with Crippen LogP contribution in [0, 0.1) is 11.6 Å². The van der Waals surface area contributed by atoms with Crippen molar-refractivity contribution in [3.8, 4) is 22.5 Å². The van der Waals surface area contributed by atoms with Crippen molar-refractivity contribution in [1.29, 1.82) is 0 Å². The summed E-state index contributed by atoms with van der Waals surface area (Å²) < 4.78 is 35.3. The van der Waals surface area contributed by atoms with E-state index in [-0.39, 0.29) is 23.0 Å². The lowest BCUT2D eigenvalue weighted by atomic mass is 10.1. The molecule has 9 nitrogen and oxygen atoms in total. The SMILES string of the molecule is O=C1OC[C@H](c2ccc(F)c(Cl)c2)N1c1ccn2ncc(-c3ccc(-c4nc[nH]n4)c(F)c3)c2n1. The van der Waals surface area contributed by atoms with Gasteiger partial charge in [-0.3, -0.25) is 10.00 Å². The molecule has 1 saturated heterocycles. The van der Waals surface area contributed by atoms with E-state index in [2.05, 4.69) is 25.3 Å². The van der Waals surface area contributed by atoms with Gasteiger partial charge in [0, 0.05) is 11.8 Å². The second-order valence-electron chi connectivity index (χ2n) is 7.77. The number of aromatic amines is 1. The van der Waals surface area contributed by atoms with Gasteiger partial charge in [0.05, 0.1) is 16.8 Å². The summed E-state index contributed by atoms with van der Waals surface area (Å²) in [4.78, 5) is 22.6. The largest absolute Gasteiger partial charge is 0.447 e. The summed E-state index contributed by atoms with van der Waals surface area (Å²) in [6.07, 6.45) is 3.97. The highest BCUT2D eigenvalue weighted by molar-refractivity contribution is 6.30. The van der Waals surface area contributed by atoms with E-state index in [0.717, 1.165) is 0 Å². The Labute approximate surface area is 201 Å². The van der Waals surface area contributed by atoms with Crippen molar-refractivity contribution in [1.82, 2.24) is 29.8 Å². The van der Waals surface area contributed by atoms with Gasteiger partial charge < -0.3 is 4.74 Å². The van der Waals surface area contributed by atoms with Crippen LogP contribution in [0.2, 0.25) is 5.02 Å². The Balaban J connectivity index is 1.40. The van der Waals surface area contributed by atoms with Crippen molar-refractivity contribution < 1.29 is 18.3 Å². The summed E-state index contributed by atoms with van der Waals surface area (Å²) in [5.74, 6) is -0.523. The number of nitrogens with one attached hydrogen (secondary N) is 1. The number of halogens is 3. The number of carbonyl (C=O) groups excluding carboxylic acids is 1. The molecule has 2 aromatic carbocycles. The van der Waals surface area contributed by atoms with Crippen molar-refractivity contribution in [3.05, 3.63) is 83.4 Å². The van der Waals surface area contributed by atoms with E-state index in [1.807, 2.05) is 0 Å².